The molecule has 0 bridgehead atoms. The molecule has 0 N–H and O–H groups in total. The van der Waals surface area contributed by atoms with Crippen molar-refractivity contribution in [2.75, 3.05) is 13.7 Å². The van der Waals surface area contributed by atoms with Crippen molar-refractivity contribution in [2.45, 2.75) is 6.54 Å². The third-order valence-corrected chi connectivity index (χ3v) is 2.77. The van der Waals surface area contributed by atoms with Crippen molar-refractivity contribution in [1.29, 1.82) is 0 Å². The number of rotatable bonds is 5. The maximum absolute atomic E-state index is 13.6. The minimum absolute atomic E-state index is 0.108. The smallest absolute Gasteiger partial charge is 0.233 e. The molecule has 100 valence electrons. The summed E-state index contributed by atoms with van der Waals surface area (Å²) in [7, 11) is 1.53. The first-order valence-corrected chi connectivity index (χ1v) is 5.88. The van der Waals surface area contributed by atoms with E-state index in [1.807, 2.05) is 0 Å². The number of carbonyl (C=O) groups is 1. The van der Waals surface area contributed by atoms with Crippen LogP contribution in [-0.2, 0) is 11.3 Å². The van der Waals surface area contributed by atoms with E-state index in [9.17, 15) is 9.18 Å². The average Bonchev–Trinajstić information content (AvgIpc) is 2.77. The van der Waals surface area contributed by atoms with Crippen LogP contribution in [0.2, 0.25) is 5.02 Å². The van der Waals surface area contributed by atoms with Crippen LogP contribution < -0.4 is 0 Å². The predicted molar refractivity (Wildman–Crippen MR) is 66.7 cm³/mol. The SMILES string of the molecule is COCCn1ncc(Cl)c1C(=O)c1ncccc1F. The largest absolute Gasteiger partial charge is 0.383 e. The molecule has 7 heteroatoms. The lowest BCUT2D eigenvalue weighted by molar-refractivity contribution is 0.101. The Labute approximate surface area is 114 Å². The van der Waals surface area contributed by atoms with Crippen molar-refractivity contribution in [1.82, 2.24) is 14.8 Å². The molecule has 0 unspecified atom stereocenters. The zero-order valence-electron chi connectivity index (χ0n) is 10.1. The van der Waals surface area contributed by atoms with Crippen LogP contribution in [0.3, 0.4) is 0 Å². The van der Waals surface area contributed by atoms with Gasteiger partial charge in [-0.15, -0.1) is 0 Å². The van der Waals surface area contributed by atoms with Gasteiger partial charge in [-0.3, -0.25) is 9.48 Å². The van der Waals surface area contributed by atoms with Gasteiger partial charge in [-0.25, -0.2) is 9.37 Å². The molecular formula is C12H11ClFN3O2. The minimum Gasteiger partial charge on any atom is -0.383 e. The molecule has 0 saturated heterocycles. The standard InChI is InChI=1S/C12H11ClFN3O2/c1-19-6-5-17-11(8(13)7-16-17)12(18)10-9(14)3-2-4-15-10/h2-4,7H,5-6H2,1H3. The molecule has 0 aliphatic rings. The molecule has 2 rings (SSSR count). The van der Waals surface area contributed by atoms with Crippen LogP contribution in [-0.4, -0.2) is 34.3 Å². The Balaban J connectivity index is 2.39. The molecule has 0 aliphatic carbocycles. The highest BCUT2D eigenvalue weighted by Crippen LogP contribution is 2.19. The minimum atomic E-state index is -0.692. The van der Waals surface area contributed by atoms with E-state index < -0.39 is 11.6 Å². The number of ketones is 1. The molecule has 0 aromatic carbocycles. The van der Waals surface area contributed by atoms with Gasteiger partial charge in [0.05, 0.1) is 24.4 Å². The summed E-state index contributed by atoms with van der Waals surface area (Å²) in [5, 5.41) is 4.12. The molecule has 0 fully saturated rings. The van der Waals surface area contributed by atoms with Gasteiger partial charge in [0.15, 0.2) is 5.82 Å². The highest BCUT2D eigenvalue weighted by atomic mass is 35.5. The Bertz CT molecular complexity index is 600. The summed E-state index contributed by atoms with van der Waals surface area (Å²) in [5.41, 5.74) is -0.167. The maximum Gasteiger partial charge on any atom is 0.233 e. The molecule has 0 aliphatic heterocycles. The maximum atomic E-state index is 13.6. The van der Waals surface area contributed by atoms with E-state index >= 15 is 0 Å². The van der Waals surface area contributed by atoms with Crippen LogP contribution in [0.5, 0.6) is 0 Å². The summed E-state index contributed by atoms with van der Waals surface area (Å²) >= 11 is 5.93. The Kier molecular flexibility index (Phi) is 4.24. The van der Waals surface area contributed by atoms with Crippen molar-refractivity contribution < 1.29 is 13.9 Å². The van der Waals surface area contributed by atoms with Crippen molar-refractivity contribution in [2.24, 2.45) is 0 Å². The van der Waals surface area contributed by atoms with Crippen molar-refractivity contribution >= 4 is 17.4 Å². The number of carbonyl (C=O) groups excluding carboxylic acids is 1. The summed E-state index contributed by atoms with van der Waals surface area (Å²) < 4.78 is 19.9. The highest BCUT2D eigenvalue weighted by Gasteiger charge is 2.22. The normalized spacial score (nSPS) is 10.7. The molecule has 0 spiro atoms. The van der Waals surface area contributed by atoms with Gasteiger partial charge in [-0.1, -0.05) is 11.6 Å². The van der Waals surface area contributed by atoms with Crippen LogP contribution in [0.15, 0.2) is 24.5 Å². The molecule has 5 nitrogen and oxygen atoms in total. The Hall–Kier alpha value is -1.79. The van der Waals surface area contributed by atoms with E-state index in [1.165, 1.54) is 36.3 Å². The van der Waals surface area contributed by atoms with E-state index in [2.05, 4.69) is 10.1 Å². The van der Waals surface area contributed by atoms with Gasteiger partial charge in [0, 0.05) is 13.3 Å². The quantitative estimate of drug-likeness (QED) is 0.787. The molecule has 2 aromatic rings. The van der Waals surface area contributed by atoms with E-state index in [4.69, 9.17) is 16.3 Å². The summed E-state index contributed by atoms with van der Waals surface area (Å²) in [5.74, 6) is -1.29. The Morgan fingerprint density at radius 1 is 1.58 bits per heavy atom. The van der Waals surface area contributed by atoms with Gasteiger partial charge in [-0.2, -0.15) is 5.10 Å². The molecule has 0 atom stereocenters. The van der Waals surface area contributed by atoms with Crippen molar-refractivity contribution in [3.05, 3.63) is 46.8 Å². The van der Waals surface area contributed by atoms with E-state index in [0.29, 0.717) is 13.2 Å². The summed E-state index contributed by atoms with van der Waals surface area (Å²) in [6.45, 7) is 0.710. The van der Waals surface area contributed by atoms with Gasteiger partial charge in [-0.05, 0) is 12.1 Å². The summed E-state index contributed by atoms with van der Waals surface area (Å²) in [6, 6.07) is 2.58. The second-order valence-electron chi connectivity index (χ2n) is 3.72. The lowest BCUT2D eigenvalue weighted by Gasteiger charge is -2.06. The van der Waals surface area contributed by atoms with Crippen molar-refractivity contribution in [3.8, 4) is 0 Å². The fourth-order valence-electron chi connectivity index (χ4n) is 1.60. The predicted octanol–water partition coefficient (Wildman–Crippen LogP) is 1.95. The number of hydrogen-bond acceptors (Lipinski definition) is 4. The molecule has 0 amide bonds. The van der Waals surface area contributed by atoms with Crippen LogP contribution in [0.1, 0.15) is 16.2 Å². The third-order valence-electron chi connectivity index (χ3n) is 2.49. The number of nitrogens with zero attached hydrogens (tertiary/aromatic N) is 3. The summed E-state index contributed by atoms with van der Waals surface area (Å²) in [4.78, 5) is 16.0. The zero-order valence-corrected chi connectivity index (χ0v) is 10.9. The number of halogens is 2. The monoisotopic (exact) mass is 283 g/mol. The number of aromatic nitrogens is 3. The van der Waals surface area contributed by atoms with E-state index in [-0.39, 0.29) is 16.4 Å². The Morgan fingerprint density at radius 3 is 3.05 bits per heavy atom. The summed E-state index contributed by atoms with van der Waals surface area (Å²) in [6.07, 6.45) is 2.69. The molecular weight excluding hydrogens is 273 g/mol. The van der Waals surface area contributed by atoms with Crippen molar-refractivity contribution in [3.63, 3.8) is 0 Å². The number of pyridine rings is 1. The first-order chi connectivity index (χ1) is 9.15. The zero-order chi connectivity index (χ0) is 13.8. The fourth-order valence-corrected chi connectivity index (χ4v) is 1.83. The third kappa shape index (κ3) is 2.80. The Morgan fingerprint density at radius 2 is 2.37 bits per heavy atom. The molecule has 2 heterocycles. The molecule has 19 heavy (non-hydrogen) atoms. The van der Waals surface area contributed by atoms with E-state index in [0.717, 1.165) is 0 Å². The van der Waals surface area contributed by atoms with Gasteiger partial charge in [0.25, 0.3) is 0 Å². The lowest BCUT2D eigenvalue weighted by Crippen LogP contribution is -2.16. The topological polar surface area (TPSA) is 57.0 Å². The lowest BCUT2D eigenvalue weighted by atomic mass is 10.2. The molecule has 0 saturated carbocycles. The fraction of sp³-hybridized carbons (Fsp3) is 0.250. The first-order valence-electron chi connectivity index (χ1n) is 5.50. The second-order valence-corrected chi connectivity index (χ2v) is 4.13. The average molecular weight is 284 g/mol. The number of hydrogen-bond donors (Lipinski definition) is 0. The van der Waals surface area contributed by atoms with Gasteiger partial charge >= 0.3 is 0 Å². The van der Waals surface area contributed by atoms with Gasteiger partial charge in [0.2, 0.25) is 5.78 Å². The van der Waals surface area contributed by atoms with E-state index in [1.54, 1.807) is 0 Å². The molecule has 2 aromatic heterocycles. The van der Waals surface area contributed by atoms with Gasteiger partial charge in [0.1, 0.15) is 11.4 Å². The van der Waals surface area contributed by atoms with Crippen LogP contribution >= 0.6 is 11.6 Å². The number of ether oxygens (including phenoxy) is 1. The van der Waals surface area contributed by atoms with Crippen LogP contribution in [0.4, 0.5) is 4.39 Å². The number of methoxy groups -OCH3 is 1. The highest BCUT2D eigenvalue weighted by molar-refractivity contribution is 6.34. The van der Waals surface area contributed by atoms with Gasteiger partial charge < -0.3 is 4.74 Å². The molecule has 0 radical (unpaired) electrons. The van der Waals surface area contributed by atoms with Crippen LogP contribution in [0, 0.1) is 5.82 Å². The first kappa shape index (κ1) is 13.6. The van der Waals surface area contributed by atoms with Crippen LogP contribution in [0.25, 0.3) is 0 Å². The second kappa shape index (κ2) is 5.90.